The van der Waals surface area contributed by atoms with Gasteiger partial charge in [-0.25, -0.2) is 4.79 Å². The number of pyridine rings is 1. The number of unbranched alkanes of at least 4 members (excludes halogenated alkanes) is 6. The number of carbonyl (C=O) groups is 2. The van der Waals surface area contributed by atoms with E-state index in [1.807, 2.05) is 6.92 Å². The van der Waals surface area contributed by atoms with Crippen molar-refractivity contribution in [3.05, 3.63) is 29.6 Å². The molecule has 1 rings (SSSR count). The number of carboxylic acids is 1. The van der Waals surface area contributed by atoms with Gasteiger partial charge in [0.05, 0.1) is 5.56 Å². The van der Waals surface area contributed by atoms with E-state index in [9.17, 15) is 14.7 Å². The second-order valence-electron chi connectivity index (χ2n) is 6.62. The number of hydrogen-bond donors (Lipinski definition) is 1. The lowest BCUT2D eigenvalue weighted by molar-refractivity contribution is -0.149. The monoisotopic (exact) mass is 349 g/mol. The van der Waals surface area contributed by atoms with E-state index in [4.69, 9.17) is 4.74 Å². The zero-order valence-corrected chi connectivity index (χ0v) is 15.7. The fourth-order valence-corrected chi connectivity index (χ4v) is 2.83. The van der Waals surface area contributed by atoms with Crippen molar-refractivity contribution < 1.29 is 19.4 Å². The van der Waals surface area contributed by atoms with Crippen LogP contribution in [0.2, 0.25) is 0 Å². The molecule has 5 heteroatoms. The predicted molar refractivity (Wildman–Crippen MR) is 97.8 cm³/mol. The standard InChI is InChI=1S/C20H31NO4/c1-4-5-6-7-8-9-10-11-19(22)25-16(3)15(2)17-12-13-21-14-18(17)20(23)24/h12-16H,4-11H2,1-3H3,(H,23,24). The molecular formula is C20H31NO4. The number of aromatic carboxylic acids is 1. The molecule has 25 heavy (non-hydrogen) atoms. The van der Waals surface area contributed by atoms with Crippen LogP contribution in [0.15, 0.2) is 18.5 Å². The van der Waals surface area contributed by atoms with Crippen LogP contribution in [0, 0.1) is 0 Å². The maximum absolute atomic E-state index is 12.0. The van der Waals surface area contributed by atoms with Gasteiger partial charge in [-0.3, -0.25) is 9.78 Å². The highest BCUT2D eigenvalue weighted by Gasteiger charge is 2.23. The van der Waals surface area contributed by atoms with E-state index in [0.29, 0.717) is 12.0 Å². The first-order valence-electron chi connectivity index (χ1n) is 9.34. The Morgan fingerprint density at radius 3 is 2.40 bits per heavy atom. The molecular weight excluding hydrogens is 318 g/mol. The van der Waals surface area contributed by atoms with Crippen LogP contribution in [0.1, 0.15) is 94.0 Å². The Morgan fingerprint density at radius 1 is 1.12 bits per heavy atom. The van der Waals surface area contributed by atoms with Gasteiger partial charge in [-0.1, -0.05) is 52.4 Å². The molecule has 0 bridgehead atoms. The molecule has 1 aromatic rings. The van der Waals surface area contributed by atoms with Crippen LogP contribution >= 0.6 is 0 Å². The lowest BCUT2D eigenvalue weighted by Gasteiger charge is -2.22. The molecule has 0 spiro atoms. The van der Waals surface area contributed by atoms with Gasteiger partial charge in [-0.05, 0) is 25.0 Å². The Balaban J connectivity index is 2.39. The zero-order valence-electron chi connectivity index (χ0n) is 15.7. The summed E-state index contributed by atoms with van der Waals surface area (Å²) in [5.74, 6) is -1.43. The summed E-state index contributed by atoms with van der Waals surface area (Å²) in [7, 11) is 0. The normalized spacial score (nSPS) is 13.2. The van der Waals surface area contributed by atoms with E-state index in [-0.39, 0.29) is 23.6 Å². The minimum absolute atomic E-state index is 0.157. The summed E-state index contributed by atoms with van der Waals surface area (Å²) >= 11 is 0. The molecule has 0 aliphatic rings. The molecule has 0 amide bonds. The molecule has 0 radical (unpaired) electrons. The number of rotatable bonds is 12. The summed E-state index contributed by atoms with van der Waals surface area (Å²) in [5, 5.41) is 9.25. The summed E-state index contributed by atoms with van der Waals surface area (Å²) in [6, 6.07) is 1.68. The van der Waals surface area contributed by atoms with E-state index in [1.54, 1.807) is 19.2 Å². The van der Waals surface area contributed by atoms with Crippen LogP contribution in [0.3, 0.4) is 0 Å². The lowest BCUT2D eigenvalue weighted by atomic mass is 9.93. The lowest BCUT2D eigenvalue weighted by Crippen LogP contribution is -2.22. The Kier molecular flexibility index (Phi) is 9.81. The third kappa shape index (κ3) is 7.67. The number of carboxylic acid groups (broad SMARTS) is 1. The summed E-state index contributed by atoms with van der Waals surface area (Å²) in [4.78, 5) is 27.1. The quantitative estimate of drug-likeness (QED) is 0.426. The number of ether oxygens (including phenoxy) is 1. The summed E-state index contributed by atoms with van der Waals surface area (Å²) in [5.41, 5.74) is 0.795. The van der Waals surface area contributed by atoms with E-state index < -0.39 is 5.97 Å². The maximum atomic E-state index is 12.0. The smallest absolute Gasteiger partial charge is 0.337 e. The Hall–Kier alpha value is -1.91. The third-order valence-corrected chi connectivity index (χ3v) is 4.58. The predicted octanol–water partition coefficient (Wildman–Crippen LogP) is 4.96. The highest BCUT2D eigenvalue weighted by Crippen LogP contribution is 2.25. The van der Waals surface area contributed by atoms with E-state index in [0.717, 1.165) is 19.3 Å². The fourth-order valence-electron chi connectivity index (χ4n) is 2.83. The molecule has 140 valence electrons. The van der Waals surface area contributed by atoms with Gasteiger partial charge < -0.3 is 9.84 Å². The van der Waals surface area contributed by atoms with Crippen LogP contribution in [-0.2, 0) is 9.53 Å². The molecule has 1 N–H and O–H groups in total. The maximum Gasteiger partial charge on any atom is 0.337 e. The molecule has 0 fully saturated rings. The second-order valence-corrected chi connectivity index (χ2v) is 6.62. The molecule has 1 aromatic heterocycles. The van der Waals surface area contributed by atoms with E-state index in [1.165, 1.54) is 31.9 Å². The summed E-state index contributed by atoms with van der Waals surface area (Å²) in [6.45, 7) is 5.87. The highest BCUT2D eigenvalue weighted by molar-refractivity contribution is 5.89. The average molecular weight is 349 g/mol. The van der Waals surface area contributed by atoms with Gasteiger partial charge in [0.15, 0.2) is 0 Å². The summed E-state index contributed by atoms with van der Waals surface area (Å²) < 4.78 is 5.49. The average Bonchev–Trinajstić information content (AvgIpc) is 2.60. The molecule has 2 atom stereocenters. The van der Waals surface area contributed by atoms with Crippen molar-refractivity contribution in [2.45, 2.75) is 84.2 Å². The first-order chi connectivity index (χ1) is 12.0. The van der Waals surface area contributed by atoms with Crippen molar-refractivity contribution >= 4 is 11.9 Å². The van der Waals surface area contributed by atoms with Gasteiger partial charge in [-0.2, -0.15) is 0 Å². The molecule has 0 aromatic carbocycles. The molecule has 0 saturated carbocycles. The van der Waals surface area contributed by atoms with Crippen LogP contribution in [0.25, 0.3) is 0 Å². The number of esters is 1. The van der Waals surface area contributed by atoms with Gasteiger partial charge in [-0.15, -0.1) is 0 Å². The van der Waals surface area contributed by atoms with Crippen molar-refractivity contribution in [1.82, 2.24) is 4.98 Å². The SMILES string of the molecule is CCCCCCCCCC(=O)OC(C)C(C)c1ccncc1C(=O)O. The van der Waals surface area contributed by atoms with Crippen LogP contribution < -0.4 is 0 Å². The fraction of sp³-hybridized carbons (Fsp3) is 0.650. The van der Waals surface area contributed by atoms with Gasteiger partial charge >= 0.3 is 11.9 Å². The highest BCUT2D eigenvalue weighted by atomic mass is 16.5. The van der Waals surface area contributed by atoms with Crippen LogP contribution in [-0.4, -0.2) is 28.1 Å². The number of hydrogen-bond acceptors (Lipinski definition) is 4. The molecule has 0 aliphatic heterocycles. The van der Waals surface area contributed by atoms with E-state index >= 15 is 0 Å². The number of nitrogens with zero attached hydrogens (tertiary/aromatic N) is 1. The second kappa shape index (κ2) is 11.6. The molecule has 2 unspecified atom stereocenters. The van der Waals surface area contributed by atoms with Crippen molar-refractivity contribution in [2.24, 2.45) is 0 Å². The van der Waals surface area contributed by atoms with Gasteiger partial charge in [0.2, 0.25) is 0 Å². The third-order valence-electron chi connectivity index (χ3n) is 4.58. The van der Waals surface area contributed by atoms with Gasteiger partial charge in [0.25, 0.3) is 0 Å². The van der Waals surface area contributed by atoms with Gasteiger partial charge in [0, 0.05) is 24.7 Å². The minimum atomic E-state index is -1.02. The summed E-state index contributed by atoms with van der Waals surface area (Å²) in [6.07, 6.45) is 11.0. The molecule has 5 nitrogen and oxygen atoms in total. The first kappa shape index (κ1) is 21.1. The van der Waals surface area contributed by atoms with Crippen molar-refractivity contribution in [3.63, 3.8) is 0 Å². The Morgan fingerprint density at radius 2 is 1.76 bits per heavy atom. The number of aromatic nitrogens is 1. The largest absolute Gasteiger partial charge is 0.478 e. The minimum Gasteiger partial charge on any atom is -0.478 e. The first-order valence-corrected chi connectivity index (χ1v) is 9.34. The van der Waals surface area contributed by atoms with Gasteiger partial charge in [0.1, 0.15) is 6.10 Å². The number of carbonyl (C=O) groups excluding carboxylic acids is 1. The Labute approximate surface area is 150 Å². The van der Waals surface area contributed by atoms with Crippen molar-refractivity contribution in [2.75, 3.05) is 0 Å². The van der Waals surface area contributed by atoms with Crippen molar-refractivity contribution in [3.8, 4) is 0 Å². The van der Waals surface area contributed by atoms with Crippen molar-refractivity contribution in [1.29, 1.82) is 0 Å². The zero-order chi connectivity index (χ0) is 18.7. The van der Waals surface area contributed by atoms with Crippen LogP contribution in [0.5, 0.6) is 0 Å². The van der Waals surface area contributed by atoms with E-state index in [2.05, 4.69) is 11.9 Å². The topological polar surface area (TPSA) is 76.5 Å². The molecule has 0 saturated heterocycles. The van der Waals surface area contributed by atoms with Crippen LogP contribution in [0.4, 0.5) is 0 Å². The molecule has 0 aliphatic carbocycles. The Bertz CT molecular complexity index is 544. The molecule has 1 heterocycles.